The van der Waals surface area contributed by atoms with E-state index in [4.69, 9.17) is 16.0 Å². The number of hydrogen-bond acceptors (Lipinski definition) is 5. The maximum Gasteiger partial charge on any atom is 0.229 e. The molecule has 3 heterocycles. The Kier molecular flexibility index (Phi) is 1.87. The predicted molar refractivity (Wildman–Crippen MR) is 57.5 cm³/mol. The van der Waals surface area contributed by atoms with Crippen molar-refractivity contribution >= 4 is 40.1 Å². The summed E-state index contributed by atoms with van der Waals surface area (Å²) in [7, 11) is 0. The van der Waals surface area contributed by atoms with E-state index < -0.39 is 0 Å². The molecule has 3 rings (SSSR count). The van der Waals surface area contributed by atoms with E-state index in [9.17, 15) is 4.79 Å². The van der Waals surface area contributed by atoms with Crippen LogP contribution in [0.25, 0.3) is 22.2 Å². The first-order valence-corrected chi connectivity index (χ1v) is 4.82. The minimum Gasteiger partial charge on any atom is -0.434 e. The lowest BCUT2D eigenvalue weighted by molar-refractivity contribution is 0.112. The maximum absolute atomic E-state index is 10.6. The molecule has 6 heteroatoms. The fourth-order valence-corrected chi connectivity index (χ4v) is 1.64. The fraction of sp³-hybridized carbons (Fsp3) is 0. The highest BCUT2D eigenvalue weighted by molar-refractivity contribution is 6.28. The SMILES string of the molecule is O=Cc1cnc2oc3cnc(Cl)nc3c2c1. The van der Waals surface area contributed by atoms with Crippen LogP contribution in [-0.2, 0) is 0 Å². The van der Waals surface area contributed by atoms with Crippen LogP contribution in [0.5, 0.6) is 0 Å². The van der Waals surface area contributed by atoms with Crippen LogP contribution in [0.3, 0.4) is 0 Å². The van der Waals surface area contributed by atoms with Crippen molar-refractivity contribution < 1.29 is 9.21 Å². The third kappa shape index (κ3) is 1.25. The lowest BCUT2D eigenvalue weighted by Gasteiger charge is -1.90. The molecular weight excluding hydrogens is 230 g/mol. The first-order valence-electron chi connectivity index (χ1n) is 4.44. The molecule has 0 bridgehead atoms. The second kappa shape index (κ2) is 3.24. The summed E-state index contributed by atoms with van der Waals surface area (Å²) in [6.45, 7) is 0. The van der Waals surface area contributed by atoms with E-state index in [1.165, 1.54) is 12.4 Å². The number of fused-ring (bicyclic) bond motifs is 3. The van der Waals surface area contributed by atoms with Crippen LogP contribution in [0.1, 0.15) is 10.4 Å². The van der Waals surface area contributed by atoms with Crippen LogP contribution in [0.15, 0.2) is 22.9 Å². The van der Waals surface area contributed by atoms with Gasteiger partial charge in [-0.25, -0.2) is 15.0 Å². The van der Waals surface area contributed by atoms with Crippen LogP contribution < -0.4 is 0 Å². The van der Waals surface area contributed by atoms with Gasteiger partial charge < -0.3 is 4.42 Å². The van der Waals surface area contributed by atoms with Gasteiger partial charge >= 0.3 is 0 Å². The van der Waals surface area contributed by atoms with Gasteiger partial charge in [0.2, 0.25) is 11.0 Å². The number of rotatable bonds is 1. The second-order valence-corrected chi connectivity index (χ2v) is 3.53. The highest BCUT2D eigenvalue weighted by atomic mass is 35.5. The number of nitrogens with zero attached hydrogens (tertiary/aromatic N) is 3. The number of aromatic nitrogens is 3. The monoisotopic (exact) mass is 233 g/mol. The molecule has 0 aromatic carbocycles. The van der Waals surface area contributed by atoms with Gasteiger partial charge in [-0.1, -0.05) is 0 Å². The molecule has 3 aromatic heterocycles. The summed E-state index contributed by atoms with van der Waals surface area (Å²) in [6.07, 6.45) is 3.63. The van der Waals surface area contributed by atoms with Gasteiger partial charge in [0.05, 0.1) is 11.6 Å². The molecule has 5 nitrogen and oxygen atoms in total. The molecule has 0 aliphatic rings. The van der Waals surface area contributed by atoms with E-state index in [1.54, 1.807) is 6.07 Å². The molecule has 0 aliphatic carbocycles. The molecular formula is C10H4ClN3O2. The number of carbonyl (C=O) groups excluding carboxylic acids is 1. The molecule has 0 radical (unpaired) electrons. The van der Waals surface area contributed by atoms with Crippen molar-refractivity contribution in [3.63, 3.8) is 0 Å². The van der Waals surface area contributed by atoms with E-state index >= 15 is 0 Å². The number of carbonyl (C=O) groups is 1. The smallest absolute Gasteiger partial charge is 0.229 e. The van der Waals surface area contributed by atoms with Gasteiger partial charge in [-0.05, 0) is 17.7 Å². The normalized spacial score (nSPS) is 11.1. The van der Waals surface area contributed by atoms with E-state index in [0.717, 1.165) is 0 Å². The molecule has 0 N–H and O–H groups in total. The van der Waals surface area contributed by atoms with E-state index in [0.29, 0.717) is 34.0 Å². The Balaban J connectivity index is 2.49. The summed E-state index contributed by atoms with van der Waals surface area (Å²) >= 11 is 5.70. The number of aldehydes is 1. The summed E-state index contributed by atoms with van der Waals surface area (Å²) < 4.78 is 5.40. The van der Waals surface area contributed by atoms with E-state index in [1.807, 2.05) is 0 Å². The minimum absolute atomic E-state index is 0.131. The average Bonchev–Trinajstić information content (AvgIpc) is 2.66. The van der Waals surface area contributed by atoms with Crippen molar-refractivity contribution in [2.45, 2.75) is 0 Å². The lowest BCUT2D eigenvalue weighted by atomic mass is 10.2. The lowest BCUT2D eigenvalue weighted by Crippen LogP contribution is -1.83. The van der Waals surface area contributed by atoms with Crippen molar-refractivity contribution in [3.8, 4) is 0 Å². The van der Waals surface area contributed by atoms with Crippen LogP contribution in [0, 0.1) is 0 Å². The maximum atomic E-state index is 10.6. The Morgan fingerprint density at radius 1 is 1.31 bits per heavy atom. The first kappa shape index (κ1) is 9.23. The van der Waals surface area contributed by atoms with Gasteiger partial charge in [0.15, 0.2) is 11.9 Å². The van der Waals surface area contributed by atoms with Gasteiger partial charge in [0, 0.05) is 11.8 Å². The third-order valence-electron chi connectivity index (χ3n) is 2.20. The summed E-state index contributed by atoms with van der Waals surface area (Å²) in [4.78, 5) is 22.5. The molecule has 3 aromatic rings. The molecule has 0 saturated carbocycles. The highest BCUT2D eigenvalue weighted by Crippen LogP contribution is 2.26. The largest absolute Gasteiger partial charge is 0.434 e. The van der Waals surface area contributed by atoms with Gasteiger partial charge in [-0.3, -0.25) is 4.79 Å². The first-order chi connectivity index (χ1) is 7.78. The van der Waals surface area contributed by atoms with Gasteiger partial charge in [-0.15, -0.1) is 0 Å². The predicted octanol–water partition coefficient (Wildman–Crippen LogP) is 2.24. The topological polar surface area (TPSA) is 68.9 Å². The Morgan fingerprint density at radius 3 is 3.00 bits per heavy atom. The van der Waals surface area contributed by atoms with Crippen LogP contribution in [-0.4, -0.2) is 21.2 Å². The zero-order chi connectivity index (χ0) is 11.1. The summed E-state index contributed by atoms with van der Waals surface area (Å²) in [5.41, 5.74) is 1.93. The molecule has 0 amide bonds. The number of halogens is 1. The van der Waals surface area contributed by atoms with Crippen LogP contribution in [0.2, 0.25) is 5.28 Å². The van der Waals surface area contributed by atoms with E-state index in [2.05, 4.69) is 15.0 Å². The Morgan fingerprint density at radius 2 is 2.19 bits per heavy atom. The molecule has 0 fully saturated rings. The number of pyridine rings is 1. The zero-order valence-electron chi connectivity index (χ0n) is 7.85. The van der Waals surface area contributed by atoms with Crippen molar-refractivity contribution in [1.82, 2.24) is 15.0 Å². The second-order valence-electron chi connectivity index (χ2n) is 3.19. The Labute approximate surface area is 94.1 Å². The molecule has 78 valence electrons. The number of hydrogen-bond donors (Lipinski definition) is 0. The van der Waals surface area contributed by atoms with E-state index in [-0.39, 0.29) is 5.28 Å². The van der Waals surface area contributed by atoms with Gasteiger partial charge in [0.25, 0.3) is 0 Å². The standard InChI is InChI=1S/C10H4ClN3O2/c11-10-13-3-7-8(14-10)6-1-5(4-15)2-12-9(6)16-7/h1-4H. The molecule has 0 spiro atoms. The fourth-order valence-electron chi connectivity index (χ4n) is 1.50. The zero-order valence-corrected chi connectivity index (χ0v) is 8.60. The summed E-state index contributed by atoms with van der Waals surface area (Å²) in [6, 6.07) is 1.66. The molecule has 0 unspecified atom stereocenters. The summed E-state index contributed by atoms with van der Waals surface area (Å²) in [5.74, 6) is 0. The average molecular weight is 234 g/mol. The van der Waals surface area contributed by atoms with Crippen molar-refractivity contribution in [3.05, 3.63) is 29.3 Å². The molecule has 0 saturated heterocycles. The van der Waals surface area contributed by atoms with Crippen molar-refractivity contribution in [2.75, 3.05) is 0 Å². The molecule has 0 atom stereocenters. The van der Waals surface area contributed by atoms with Gasteiger partial charge in [0.1, 0.15) is 5.52 Å². The Hall–Kier alpha value is -2.01. The van der Waals surface area contributed by atoms with Crippen molar-refractivity contribution in [2.24, 2.45) is 0 Å². The highest BCUT2D eigenvalue weighted by Gasteiger charge is 2.10. The summed E-state index contributed by atoms with van der Waals surface area (Å²) in [5, 5.41) is 0.788. The quantitative estimate of drug-likeness (QED) is 0.476. The van der Waals surface area contributed by atoms with Gasteiger partial charge in [-0.2, -0.15) is 0 Å². The van der Waals surface area contributed by atoms with Crippen LogP contribution in [0.4, 0.5) is 0 Å². The van der Waals surface area contributed by atoms with Crippen molar-refractivity contribution in [1.29, 1.82) is 0 Å². The molecule has 0 aliphatic heterocycles. The molecule has 16 heavy (non-hydrogen) atoms. The third-order valence-corrected chi connectivity index (χ3v) is 2.38. The minimum atomic E-state index is 0.131. The number of furan rings is 1. The Bertz CT molecular complexity index is 708. The van der Waals surface area contributed by atoms with Crippen LogP contribution >= 0.6 is 11.6 Å².